The van der Waals surface area contributed by atoms with Crippen molar-refractivity contribution in [2.24, 2.45) is 7.05 Å². The third-order valence-corrected chi connectivity index (χ3v) is 7.64. The highest BCUT2D eigenvalue weighted by Gasteiger charge is 2.25. The van der Waals surface area contributed by atoms with Crippen LogP contribution in [0.5, 0.6) is 0 Å². The van der Waals surface area contributed by atoms with Crippen LogP contribution >= 0.6 is 0 Å². The Labute approximate surface area is 173 Å². The molecule has 0 bridgehead atoms. The lowest BCUT2D eigenvalue weighted by atomic mass is 9.99. The van der Waals surface area contributed by atoms with Gasteiger partial charge < -0.3 is 9.84 Å². The van der Waals surface area contributed by atoms with Crippen LogP contribution in [0.1, 0.15) is 30.7 Å². The third-order valence-electron chi connectivity index (χ3n) is 5.93. The van der Waals surface area contributed by atoms with Crippen molar-refractivity contribution in [2.45, 2.75) is 63.7 Å². The van der Waals surface area contributed by atoms with Crippen molar-refractivity contribution in [3.8, 4) is 11.4 Å². The van der Waals surface area contributed by atoms with Gasteiger partial charge in [-0.05, 0) is 55.0 Å². The van der Waals surface area contributed by atoms with E-state index in [0.29, 0.717) is 12.6 Å². The summed E-state index contributed by atoms with van der Waals surface area (Å²) in [7, 11) is 0.839. The minimum absolute atomic E-state index is 0.176. The highest BCUT2D eigenvalue weighted by atomic mass is 28.3. The van der Waals surface area contributed by atoms with Crippen molar-refractivity contribution in [1.29, 1.82) is 0 Å². The number of pyridine rings is 1. The van der Waals surface area contributed by atoms with Crippen molar-refractivity contribution in [3.05, 3.63) is 36.2 Å². The molecule has 1 saturated carbocycles. The van der Waals surface area contributed by atoms with Gasteiger partial charge in [-0.3, -0.25) is 9.25 Å². The third kappa shape index (κ3) is 4.47. The van der Waals surface area contributed by atoms with Gasteiger partial charge >= 0.3 is 0 Å². The minimum atomic E-state index is -1.12. The van der Waals surface area contributed by atoms with E-state index < -0.39 is 8.07 Å². The van der Waals surface area contributed by atoms with E-state index in [1.807, 2.05) is 30.2 Å². The van der Waals surface area contributed by atoms with E-state index in [0.717, 1.165) is 54.3 Å². The average molecular weight is 413 g/mol. The standard InChI is InChI=1S/C22H32N4O2Si/c1-25-20(7-8-24-25)21-13-17-11-18(16-5-6-19(27)12-16)14-23-22(17)26(21)15-28-9-10-29(2,3)4/h7-8,11,13-14,16,19,27H,5-6,9-10,12,15H2,1-4H3/t16-,19+/m0/s1. The summed E-state index contributed by atoms with van der Waals surface area (Å²) in [5.74, 6) is 0.401. The Bertz CT molecular complexity index is 989. The molecule has 3 aromatic heterocycles. The maximum atomic E-state index is 9.91. The van der Waals surface area contributed by atoms with E-state index in [-0.39, 0.29) is 6.10 Å². The first-order valence-corrected chi connectivity index (χ1v) is 14.3. The molecule has 2 atom stereocenters. The van der Waals surface area contributed by atoms with Gasteiger partial charge in [0.15, 0.2) is 0 Å². The van der Waals surface area contributed by atoms with Crippen molar-refractivity contribution in [3.63, 3.8) is 0 Å². The number of ether oxygens (including phenoxy) is 1. The van der Waals surface area contributed by atoms with Gasteiger partial charge in [0.25, 0.3) is 0 Å². The fourth-order valence-corrected chi connectivity index (χ4v) is 4.91. The summed E-state index contributed by atoms with van der Waals surface area (Å²) < 4.78 is 10.1. The monoisotopic (exact) mass is 412 g/mol. The summed E-state index contributed by atoms with van der Waals surface area (Å²) in [5, 5.41) is 15.4. The van der Waals surface area contributed by atoms with Gasteiger partial charge in [0, 0.05) is 39.5 Å². The molecule has 3 heterocycles. The molecule has 3 aromatic rings. The van der Waals surface area contributed by atoms with E-state index >= 15 is 0 Å². The van der Waals surface area contributed by atoms with Crippen LogP contribution < -0.4 is 0 Å². The summed E-state index contributed by atoms with van der Waals surface area (Å²) in [6.07, 6.45) is 6.38. The van der Waals surface area contributed by atoms with Crippen LogP contribution in [0.2, 0.25) is 25.7 Å². The number of hydrogen-bond acceptors (Lipinski definition) is 4. The lowest BCUT2D eigenvalue weighted by molar-refractivity contribution is 0.0908. The normalized spacial score (nSPS) is 20.0. The van der Waals surface area contributed by atoms with Gasteiger partial charge in [-0.25, -0.2) is 4.98 Å². The summed E-state index contributed by atoms with van der Waals surface area (Å²) >= 11 is 0. The molecule has 7 heteroatoms. The van der Waals surface area contributed by atoms with Crippen LogP contribution in [0.4, 0.5) is 0 Å². The Morgan fingerprint density at radius 1 is 1.21 bits per heavy atom. The molecule has 0 unspecified atom stereocenters. The topological polar surface area (TPSA) is 65.1 Å². The molecule has 0 saturated heterocycles. The number of rotatable bonds is 7. The molecule has 6 nitrogen and oxygen atoms in total. The Morgan fingerprint density at radius 2 is 2.03 bits per heavy atom. The zero-order valence-corrected chi connectivity index (χ0v) is 18.9. The molecule has 1 fully saturated rings. The largest absolute Gasteiger partial charge is 0.393 e. The lowest BCUT2D eigenvalue weighted by Gasteiger charge is -2.17. The second-order valence-electron chi connectivity index (χ2n) is 9.49. The number of aliphatic hydroxyl groups is 1. The highest BCUT2D eigenvalue weighted by molar-refractivity contribution is 6.76. The molecule has 0 spiro atoms. The molecule has 0 aromatic carbocycles. The number of hydrogen-bond donors (Lipinski definition) is 1. The summed E-state index contributed by atoms with van der Waals surface area (Å²) in [5.41, 5.74) is 4.29. The van der Waals surface area contributed by atoms with Crippen LogP contribution in [-0.4, -0.2) is 45.2 Å². The van der Waals surface area contributed by atoms with Gasteiger partial charge in [-0.2, -0.15) is 5.10 Å². The number of aryl methyl sites for hydroxylation is 1. The maximum absolute atomic E-state index is 9.91. The van der Waals surface area contributed by atoms with Crippen LogP contribution in [0.15, 0.2) is 30.6 Å². The molecule has 4 rings (SSSR count). The van der Waals surface area contributed by atoms with Gasteiger partial charge in [-0.1, -0.05) is 19.6 Å². The zero-order chi connectivity index (χ0) is 20.6. The molecule has 0 aliphatic heterocycles. The van der Waals surface area contributed by atoms with Crippen molar-refractivity contribution in [1.82, 2.24) is 19.3 Å². The Hall–Kier alpha value is -1.96. The Balaban J connectivity index is 1.66. The quantitative estimate of drug-likeness (QED) is 0.462. The fraction of sp³-hybridized carbons (Fsp3) is 0.545. The first kappa shape index (κ1) is 20.3. The first-order valence-electron chi connectivity index (χ1n) is 10.6. The van der Waals surface area contributed by atoms with E-state index in [9.17, 15) is 5.11 Å². The average Bonchev–Trinajstić information content (AvgIpc) is 3.36. The van der Waals surface area contributed by atoms with E-state index in [4.69, 9.17) is 9.72 Å². The van der Waals surface area contributed by atoms with Crippen molar-refractivity contribution in [2.75, 3.05) is 6.61 Å². The van der Waals surface area contributed by atoms with Crippen molar-refractivity contribution < 1.29 is 9.84 Å². The molecular formula is C22H32N4O2Si. The molecule has 0 amide bonds. The van der Waals surface area contributed by atoms with Crippen LogP contribution in [0.3, 0.4) is 0 Å². The van der Waals surface area contributed by atoms with Gasteiger partial charge in [0.1, 0.15) is 12.4 Å². The molecule has 1 aliphatic rings. The Kier molecular flexibility index (Phi) is 5.64. The van der Waals surface area contributed by atoms with Crippen LogP contribution in [-0.2, 0) is 18.5 Å². The predicted molar refractivity (Wildman–Crippen MR) is 119 cm³/mol. The fourth-order valence-electron chi connectivity index (χ4n) is 4.15. The molecule has 156 valence electrons. The van der Waals surface area contributed by atoms with E-state index in [2.05, 4.69) is 41.4 Å². The predicted octanol–water partition coefficient (Wildman–Crippen LogP) is 4.38. The number of aromatic nitrogens is 4. The molecule has 0 radical (unpaired) electrons. The van der Waals surface area contributed by atoms with Gasteiger partial charge in [0.2, 0.25) is 0 Å². The molecule has 1 aliphatic carbocycles. The van der Waals surface area contributed by atoms with Crippen molar-refractivity contribution >= 4 is 19.1 Å². The van der Waals surface area contributed by atoms with Crippen LogP contribution in [0.25, 0.3) is 22.4 Å². The minimum Gasteiger partial charge on any atom is -0.393 e. The van der Waals surface area contributed by atoms with E-state index in [1.165, 1.54) is 5.56 Å². The zero-order valence-electron chi connectivity index (χ0n) is 17.9. The molecular weight excluding hydrogens is 380 g/mol. The van der Waals surface area contributed by atoms with E-state index in [1.54, 1.807) is 0 Å². The summed E-state index contributed by atoms with van der Waals surface area (Å²) in [4.78, 5) is 4.82. The SMILES string of the molecule is Cn1nccc1-c1cc2cc([C@H]3CC[C@@H](O)C3)cnc2n1COCC[Si](C)(C)C. The highest BCUT2D eigenvalue weighted by Crippen LogP contribution is 2.36. The first-order chi connectivity index (χ1) is 13.8. The summed E-state index contributed by atoms with van der Waals surface area (Å²) in [6, 6.07) is 7.61. The van der Waals surface area contributed by atoms with Gasteiger partial charge in [-0.15, -0.1) is 0 Å². The summed E-state index contributed by atoms with van der Waals surface area (Å²) in [6.45, 7) is 8.36. The van der Waals surface area contributed by atoms with Gasteiger partial charge in [0.05, 0.1) is 17.5 Å². The number of fused-ring (bicyclic) bond motifs is 1. The molecule has 1 N–H and O–H groups in total. The second-order valence-corrected chi connectivity index (χ2v) is 15.1. The number of nitrogens with zero attached hydrogens (tertiary/aromatic N) is 4. The second kappa shape index (κ2) is 8.05. The Morgan fingerprint density at radius 3 is 2.69 bits per heavy atom. The smallest absolute Gasteiger partial charge is 0.142 e. The lowest BCUT2D eigenvalue weighted by Crippen LogP contribution is -2.22. The molecule has 29 heavy (non-hydrogen) atoms. The number of aliphatic hydroxyl groups excluding tert-OH is 1. The maximum Gasteiger partial charge on any atom is 0.142 e. The van der Waals surface area contributed by atoms with Crippen LogP contribution in [0, 0.1) is 0 Å².